The van der Waals surface area contributed by atoms with Crippen molar-refractivity contribution >= 4 is 11.8 Å². The van der Waals surface area contributed by atoms with E-state index in [1.807, 2.05) is 9.80 Å². The summed E-state index contributed by atoms with van der Waals surface area (Å²) in [6, 6.07) is 0. The minimum absolute atomic E-state index is 0.171. The van der Waals surface area contributed by atoms with E-state index in [0.29, 0.717) is 24.9 Å². The molecule has 5 heteroatoms. The molecule has 4 aliphatic rings. The van der Waals surface area contributed by atoms with Gasteiger partial charge >= 0.3 is 0 Å². The molecular weight excluding hydrogens is 280 g/mol. The first-order valence-corrected chi connectivity index (χ1v) is 8.43. The van der Waals surface area contributed by atoms with Gasteiger partial charge in [0.15, 0.2) is 0 Å². The summed E-state index contributed by atoms with van der Waals surface area (Å²) in [6.45, 7) is 8.07. The van der Waals surface area contributed by atoms with E-state index >= 15 is 0 Å². The standard InChI is InChI=1S/C17H24N2O3/c1-2-6-18-8-5-17(16(18)21)4-3-7-19(11-17)15(20)14-12-9-22-10-13(12)14/h2,12-14H,1,3-11H2/t12-,13+,14?,17?. The normalized spacial score (nSPS) is 40.2. The summed E-state index contributed by atoms with van der Waals surface area (Å²) < 4.78 is 5.38. The lowest BCUT2D eigenvalue weighted by molar-refractivity contribution is -0.144. The van der Waals surface area contributed by atoms with Crippen LogP contribution in [0.1, 0.15) is 19.3 Å². The molecule has 1 spiro atoms. The molecule has 1 saturated carbocycles. The van der Waals surface area contributed by atoms with Gasteiger partial charge in [0.2, 0.25) is 11.8 Å². The number of piperidine rings is 1. The van der Waals surface area contributed by atoms with Crippen LogP contribution in [0.2, 0.25) is 0 Å². The zero-order valence-electron chi connectivity index (χ0n) is 13.0. The average Bonchev–Trinajstić information content (AvgIpc) is 2.86. The second kappa shape index (κ2) is 5.08. The SMILES string of the molecule is C=CCN1CCC2(CCCN(C(=O)C3[C@H]4COC[C@@H]34)C2)C1=O. The van der Waals surface area contributed by atoms with Gasteiger partial charge in [-0.3, -0.25) is 9.59 Å². The van der Waals surface area contributed by atoms with Crippen molar-refractivity contribution in [3.63, 3.8) is 0 Å². The highest BCUT2D eigenvalue weighted by Gasteiger charge is 2.60. The number of fused-ring (bicyclic) bond motifs is 1. The second-order valence-electron chi connectivity index (χ2n) is 7.32. The summed E-state index contributed by atoms with van der Waals surface area (Å²) in [7, 11) is 0. The fraction of sp³-hybridized carbons (Fsp3) is 0.765. The predicted octanol–water partition coefficient (Wildman–Crippen LogP) is 0.906. The second-order valence-corrected chi connectivity index (χ2v) is 7.32. The van der Waals surface area contributed by atoms with Crippen LogP contribution in [-0.2, 0) is 14.3 Å². The molecule has 4 fully saturated rings. The number of hydrogen-bond donors (Lipinski definition) is 0. The molecule has 1 aliphatic carbocycles. The van der Waals surface area contributed by atoms with Gasteiger partial charge in [0.25, 0.3) is 0 Å². The first-order valence-electron chi connectivity index (χ1n) is 8.43. The Kier molecular flexibility index (Phi) is 3.29. The Morgan fingerprint density at radius 3 is 2.82 bits per heavy atom. The van der Waals surface area contributed by atoms with Gasteiger partial charge in [-0.1, -0.05) is 6.08 Å². The molecule has 0 aromatic rings. The monoisotopic (exact) mass is 304 g/mol. The third-order valence-electron chi connectivity index (χ3n) is 6.08. The molecule has 3 aliphatic heterocycles. The minimum atomic E-state index is -0.322. The highest BCUT2D eigenvalue weighted by molar-refractivity contribution is 5.88. The molecule has 4 rings (SSSR count). The number of ether oxygens (including phenoxy) is 1. The number of carbonyl (C=O) groups is 2. The molecule has 0 aromatic heterocycles. The van der Waals surface area contributed by atoms with Gasteiger partial charge in [0.05, 0.1) is 18.6 Å². The Bertz CT molecular complexity index is 510. The van der Waals surface area contributed by atoms with Gasteiger partial charge in [-0.25, -0.2) is 0 Å². The van der Waals surface area contributed by atoms with Crippen molar-refractivity contribution in [2.45, 2.75) is 19.3 Å². The van der Waals surface area contributed by atoms with Crippen LogP contribution in [0.15, 0.2) is 12.7 Å². The maximum Gasteiger partial charge on any atom is 0.230 e. The van der Waals surface area contributed by atoms with Crippen LogP contribution >= 0.6 is 0 Å². The number of hydrogen-bond acceptors (Lipinski definition) is 3. The fourth-order valence-electron chi connectivity index (χ4n) is 4.74. The zero-order valence-corrected chi connectivity index (χ0v) is 13.0. The summed E-state index contributed by atoms with van der Waals surface area (Å²) in [5.74, 6) is 1.56. The van der Waals surface area contributed by atoms with E-state index < -0.39 is 0 Å². The third-order valence-corrected chi connectivity index (χ3v) is 6.08. The molecular formula is C17H24N2O3. The lowest BCUT2D eigenvalue weighted by atomic mass is 9.78. The molecule has 2 unspecified atom stereocenters. The molecule has 2 amide bonds. The molecule has 0 aromatic carbocycles. The first kappa shape index (κ1) is 14.2. The van der Waals surface area contributed by atoms with Crippen LogP contribution in [0.3, 0.4) is 0 Å². The Hall–Kier alpha value is -1.36. The van der Waals surface area contributed by atoms with Gasteiger partial charge in [0, 0.05) is 32.1 Å². The largest absolute Gasteiger partial charge is 0.381 e. The van der Waals surface area contributed by atoms with Crippen LogP contribution < -0.4 is 0 Å². The number of likely N-dealkylation sites (tertiary alicyclic amines) is 2. The summed E-state index contributed by atoms with van der Waals surface area (Å²) >= 11 is 0. The average molecular weight is 304 g/mol. The van der Waals surface area contributed by atoms with Gasteiger partial charge in [-0.15, -0.1) is 6.58 Å². The van der Waals surface area contributed by atoms with E-state index in [2.05, 4.69) is 6.58 Å². The molecule has 0 bridgehead atoms. The van der Waals surface area contributed by atoms with Crippen LogP contribution in [0.4, 0.5) is 0 Å². The smallest absolute Gasteiger partial charge is 0.230 e. The van der Waals surface area contributed by atoms with Crippen LogP contribution in [-0.4, -0.2) is 61.0 Å². The fourth-order valence-corrected chi connectivity index (χ4v) is 4.74. The van der Waals surface area contributed by atoms with Gasteiger partial charge in [0.1, 0.15) is 0 Å². The molecule has 120 valence electrons. The van der Waals surface area contributed by atoms with Crippen LogP contribution in [0.5, 0.6) is 0 Å². The first-order chi connectivity index (χ1) is 10.7. The van der Waals surface area contributed by atoms with Crippen molar-refractivity contribution in [2.75, 3.05) is 39.4 Å². The van der Waals surface area contributed by atoms with E-state index in [-0.39, 0.29) is 23.1 Å². The van der Waals surface area contributed by atoms with E-state index in [1.165, 1.54) is 0 Å². The van der Waals surface area contributed by atoms with Crippen LogP contribution in [0, 0.1) is 23.2 Å². The van der Waals surface area contributed by atoms with Crippen molar-refractivity contribution in [1.82, 2.24) is 9.80 Å². The Balaban J connectivity index is 1.45. The van der Waals surface area contributed by atoms with Crippen molar-refractivity contribution in [3.05, 3.63) is 12.7 Å². The lowest BCUT2D eigenvalue weighted by Crippen LogP contribution is -2.50. The number of carbonyl (C=O) groups excluding carboxylic acids is 2. The van der Waals surface area contributed by atoms with E-state index in [0.717, 1.165) is 45.6 Å². The Labute approximate surface area is 131 Å². The summed E-state index contributed by atoms with van der Waals surface area (Å²) in [4.78, 5) is 29.4. The molecule has 5 nitrogen and oxygen atoms in total. The molecule has 22 heavy (non-hydrogen) atoms. The van der Waals surface area contributed by atoms with E-state index in [1.54, 1.807) is 6.08 Å². The topological polar surface area (TPSA) is 49.9 Å². The maximum absolute atomic E-state index is 12.8. The Morgan fingerprint density at radius 2 is 2.09 bits per heavy atom. The van der Waals surface area contributed by atoms with Gasteiger partial charge < -0.3 is 14.5 Å². The quantitative estimate of drug-likeness (QED) is 0.728. The number of nitrogens with zero attached hydrogens (tertiary/aromatic N) is 2. The molecule has 3 saturated heterocycles. The summed E-state index contributed by atoms with van der Waals surface area (Å²) in [6.07, 6.45) is 4.53. The summed E-state index contributed by atoms with van der Waals surface area (Å²) in [5.41, 5.74) is -0.322. The van der Waals surface area contributed by atoms with Gasteiger partial charge in [-0.05, 0) is 31.1 Å². The van der Waals surface area contributed by atoms with Crippen molar-refractivity contribution in [3.8, 4) is 0 Å². The van der Waals surface area contributed by atoms with E-state index in [9.17, 15) is 9.59 Å². The third kappa shape index (κ3) is 2.02. The zero-order chi connectivity index (χ0) is 15.3. The molecule has 0 radical (unpaired) electrons. The maximum atomic E-state index is 12.8. The van der Waals surface area contributed by atoms with Crippen molar-refractivity contribution < 1.29 is 14.3 Å². The lowest BCUT2D eigenvalue weighted by Gasteiger charge is -2.39. The summed E-state index contributed by atoms with van der Waals surface area (Å²) in [5, 5.41) is 0. The molecule has 0 N–H and O–H groups in total. The Morgan fingerprint density at radius 1 is 1.32 bits per heavy atom. The number of amides is 2. The molecule has 3 heterocycles. The van der Waals surface area contributed by atoms with E-state index in [4.69, 9.17) is 4.74 Å². The highest BCUT2D eigenvalue weighted by Crippen LogP contribution is 2.52. The van der Waals surface area contributed by atoms with Crippen molar-refractivity contribution in [2.24, 2.45) is 23.2 Å². The van der Waals surface area contributed by atoms with Gasteiger partial charge in [-0.2, -0.15) is 0 Å². The molecule has 4 atom stereocenters. The predicted molar refractivity (Wildman–Crippen MR) is 80.9 cm³/mol. The van der Waals surface area contributed by atoms with Crippen molar-refractivity contribution in [1.29, 1.82) is 0 Å². The highest BCUT2D eigenvalue weighted by atomic mass is 16.5. The minimum Gasteiger partial charge on any atom is -0.381 e. The number of rotatable bonds is 3. The van der Waals surface area contributed by atoms with Crippen LogP contribution in [0.25, 0.3) is 0 Å².